The van der Waals surface area contributed by atoms with E-state index in [-0.39, 0.29) is 11.5 Å². The molecule has 5 rings (SSSR count). The standard InChI is InChI=1S/C26H29ClN10/c1-26(2,3)16-37-22-6-5-19(12-21(22)34-35-37)32-25-30-15-20(27)24(33-25)31-18-8-10-36(11-9-18)23-7-4-17(13-28)14-29-23/h4-7,12,14-15,18H,8-11,16H2,1-3H3,(H2,30,31,32,33). The predicted molar refractivity (Wildman–Crippen MR) is 145 cm³/mol. The highest BCUT2D eigenvalue weighted by atomic mass is 35.5. The molecule has 0 saturated carbocycles. The molecule has 190 valence electrons. The molecule has 1 aliphatic heterocycles. The number of piperidine rings is 1. The first-order valence-corrected chi connectivity index (χ1v) is 12.7. The van der Waals surface area contributed by atoms with Crippen LogP contribution in [0.2, 0.25) is 5.02 Å². The van der Waals surface area contributed by atoms with E-state index in [4.69, 9.17) is 16.9 Å². The Hall–Kier alpha value is -3.97. The largest absolute Gasteiger partial charge is 0.366 e. The number of anilines is 4. The van der Waals surface area contributed by atoms with Crippen LogP contribution in [0.4, 0.5) is 23.3 Å². The molecule has 2 N–H and O–H groups in total. The normalized spacial score (nSPS) is 14.5. The van der Waals surface area contributed by atoms with Crippen molar-refractivity contribution in [2.24, 2.45) is 5.41 Å². The second-order valence-corrected chi connectivity index (χ2v) is 10.9. The van der Waals surface area contributed by atoms with Crippen molar-refractivity contribution in [3.63, 3.8) is 0 Å². The molecule has 0 bridgehead atoms. The van der Waals surface area contributed by atoms with E-state index in [1.165, 1.54) is 0 Å². The van der Waals surface area contributed by atoms with Crippen molar-refractivity contribution in [1.82, 2.24) is 29.9 Å². The van der Waals surface area contributed by atoms with Crippen molar-refractivity contribution in [2.75, 3.05) is 28.6 Å². The number of benzene rings is 1. The minimum atomic E-state index is 0.106. The van der Waals surface area contributed by atoms with Gasteiger partial charge in [0.25, 0.3) is 0 Å². The molecule has 0 spiro atoms. The van der Waals surface area contributed by atoms with Gasteiger partial charge in [-0.25, -0.2) is 14.6 Å². The molecule has 1 aliphatic rings. The molecular formula is C26H29ClN10. The predicted octanol–water partition coefficient (Wildman–Crippen LogP) is 5.01. The molecule has 3 aromatic heterocycles. The van der Waals surface area contributed by atoms with Gasteiger partial charge < -0.3 is 15.5 Å². The zero-order valence-electron chi connectivity index (χ0n) is 21.1. The van der Waals surface area contributed by atoms with E-state index in [1.54, 1.807) is 18.5 Å². The van der Waals surface area contributed by atoms with Crippen LogP contribution in [-0.4, -0.2) is 49.1 Å². The van der Waals surface area contributed by atoms with Crippen LogP contribution >= 0.6 is 11.6 Å². The number of nitriles is 1. The minimum absolute atomic E-state index is 0.106. The van der Waals surface area contributed by atoms with Crippen LogP contribution in [0.15, 0.2) is 42.7 Å². The average Bonchev–Trinajstić information content (AvgIpc) is 3.27. The third kappa shape index (κ3) is 5.89. The van der Waals surface area contributed by atoms with Gasteiger partial charge in [0.05, 0.1) is 17.3 Å². The number of nitrogens with one attached hydrogen (secondary N) is 2. The lowest BCUT2D eigenvalue weighted by Crippen LogP contribution is -2.39. The summed E-state index contributed by atoms with van der Waals surface area (Å²) in [6.07, 6.45) is 5.03. The molecule has 0 unspecified atom stereocenters. The summed E-state index contributed by atoms with van der Waals surface area (Å²) < 4.78 is 1.93. The van der Waals surface area contributed by atoms with Crippen molar-refractivity contribution >= 4 is 45.9 Å². The Kier molecular flexibility index (Phi) is 6.80. The van der Waals surface area contributed by atoms with E-state index >= 15 is 0 Å². The third-order valence-electron chi connectivity index (χ3n) is 6.18. The Morgan fingerprint density at radius 2 is 1.92 bits per heavy atom. The van der Waals surface area contributed by atoms with Gasteiger partial charge in [0.15, 0.2) is 5.82 Å². The smallest absolute Gasteiger partial charge is 0.229 e. The lowest BCUT2D eigenvalue weighted by atomic mass is 9.97. The Morgan fingerprint density at radius 3 is 2.62 bits per heavy atom. The maximum absolute atomic E-state index is 8.97. The van der Waals surface area contributed by atoms with Gasteiger partial charge in [0, 0.05) is 37.6 Å². The Morgan fingerprint density at radius 1 is 1.11 bits per heavy atom. The molecule has 37 heavy (non-hydrogen) atoms. The van der Waals surface area contributed by atoms with E-state index in [1.807, 2.05) is 28.9 Å². The van der Waals surface area contributed by atoms with Gasteiger partial charge in [-0.2, -0.15) is 10.2 Å². The van der Waals surface area contributed by atoms with E-state index in [0.29, 0.717) is 22.4 Å². The summed E-state index contributed by atoms with van der Waals surface area (Å²) in [5.74, 6) is 1.94. The number of hydrogen-bond donors (Lipinski definition) is 2. The van der Waals surface area contributed by atoms with Gasteiger partial charge in [0.1, 0.15) is 22.4 Å². The van der Waals surface area contributed by atoms with Crippen LogP contribution in [-0.2, 0) is 6.54 Å². The molecule has 0 amide bonds. The van der Waals surface area contributed by atoms with Crippen LogP contribution in [0, 0.1) is 16.7 Å². The van der Waals surface area contributed by atoms with Gasteiger partial charge >= 0.3 is 0 Å². The van der Waals surface area contributed by atoms with Gasteiger partial charge in [-0.1, -0.05) is 37.6 Å². The van der Waals surface area contributed by atoms with Crippen LogP contribution in [0.3, 0.4) is 0 Å². The molecule has 0 atom stereocenters. The highest BCUT2D eigenvalue weighted by molar-refractivity contribution is 6.32. The van der Waals surface area contributed by atoms with E-state index in [2.05, 4.69) is 67.6 Å². The van der Waals surface area contributed by atoms with Crippen molar-refractivity contribution in [1.29, 1.82) is 5.26 Å². The monoisotopic (exact) mass is 516 g/mol. The van der Waals surface area contributed by atoms with Gasteiger partial charge in [0.2, 0.25) is 5.95 Å². The molecule has 10 nitrogen and oxygen atoms in total. The van der Waals surface area contributed by atoms with Gasteiger partial charge in [-0.15, -0.1) is 5.10 Å². The van der Waals surface area contributed by atoms with E-state index in [9.17, 15) is 0 Å². The molecular weight excluding hydrogens is 488 g/mol. The fourth-order valence-corrected chi connectivity index (χ4v) is 4.50. The van der Waals surface area contributed by atoms with Gasteiger partial charge in [-0.05, 0) is 48.6 Å². The first-order valence-electron chi connectivity index (χ1n) is 12.3. The van der Waals surface area contributed by atoms with Crippen LogP contribution in [0.25, 0.3) is 11.0 Å². The number of fused-ring (bicyclic) bond motifs is 1. The molecule has 4 heterocycles. The fraction of sp³-hybridized carbons (Fsp3) is 0.385. The number of hydrogen-bond acceptors (Lipinski definition) is 9. The fourth-order valence-electron chi connectivity index (χ4n) is 4.36. The second-order valence-electron chi connectivity index (χ2n) is 10.4. The topological polar surface area (TPSA) is 120 Å². The number of rotatable bonds is 6. The van der Waals surface area contributed by atoms with Crippen molar-refractivity contribution < 1.29 is 0 Å². The Bertz CT molecular complexity index is 1430. The zero-order valence-corrected chi connectivity index (χ0v) is 21.9. The highest BCUT2D eigenvalue weighted by Gasteiger charge is 2.22. The number of pyridine rings is 1. The Balaban J connectivity index is 1.23. The van der Waals surface area contributed by atoms with E-state index < -0.39 is 0 Å². The summed E-state index contributed by atoms with van der Waals surface area (Å²) in [5, 5.41) is 24.8. The van der Waals surface area contributed by atoms with Crippen molar-refractivity contribution in [3.8, 4) is 6.07 Å². The average molecular weight is 517 g/mol. The van der Waals surface area contributed by atoms with E-state index in [0.717, 1.165) is 55.0 Å². The molecule has 4 aromatic rings. The molecule has 1 aromatic carbocycles. The summed E-state index contributed by atoms with van der Waals surface area (Å²) in [4.78, 5) is 15.6. The lowest BCUT2D eigenvalue weighted by Gasteiger charge is -2.33. The third-order valence-corrected chi connectivity index (χ3v) is 6.45. The highest BCUT2D eigenvalue weighted by Crippen LogP contribution is 2.27. The number of aromatic nitrogens is 6. The molecule has 0 aliphatic carbocycles. The number of nitrogens with zero attached hydrogens (tertiary/aromatic N) is 8. The summed E-state index contributed by atoms with van der Waals surface area (Å²) in [7, 11) is 0. The summed E-state index contributed by atoms with van der Waals surface area (Å²) in [6, 6.07) is 12.0. The van der Waals surface area contributed by atoms with Gasteiger partial charge in [-0.3, -0.25) is 0 Å². The molecule has 11 heteroatoms. The summed E-state index contributed by atoms with van der Waals surface area (Å²) in [6.45, 7) is 9.01. The molecule has 1 saturated heterocycles. The molecule has 0 radical (unpaired) electrons. The Labute approximate surface area is 220 Å². The molecule has 1 fully saturated rings. The quantitative estimate of drug-likeness (QED) is 0.364. The first-order chi connectivity index (χ1) is 17.8. The second kappa shape index (κ2) is 10.2. The van der Waals surface area contributed by atoms with Crippen LogP contribution < -0.4 is 15.5 Å². The zero-order chi connectivity index (χ0) is 26.0. The summed E-state index contributed by atoms with van der Waals surface area (Å²) >= 11 is 6.42. The maximum atomic E-state index is 8.97. The van der Waals surface area contributed by atoms with Crippen LogP contribution in [0.1, 0.15) is 39.2 Å². The maximum Gasteiger partial charge on any atom is 0.229 e. The SMILES string of the molecule is CC(C)(C)Cn1nnc2cc(Nc3ncc(Cl)c(NC4CCN(c5ccc(C#N)cn5)CC4)n3)ccc21. The number of halogens is 1. The lowest BCUT2D eigenvalue weighted by molar-refractivity contribution is 0.327. The first kappa shape index (κ1) is 24.7. The van der Waals surface area contributed by atoms with Crippen LogP contribution in [0.5, 0.6) is 0 Å². The minimum Gasteiger partial charge on any atom is -0.366 e. The van der Waals surface area contributed by atoms with Crippen molar-refractivity contribution in [2.45, 2.75) is 46.2 Å². The van der Waals surface area contributed by atoms with Crippen molar-refractivity contribution in [3.05, 3.63) is 53.3 Å². The summed E-state index contributed by atoms with van der Waals surface area (Å²) in [5.41, 5.74) is 3.30.